The second kappa shape index (κ2) is 9.89. The van der Waals surface area contributed by atoms with Crippen LogP contribution in [0, 0.1) is 0 Å². The molecule has 2 amide bonds. The summed E-state index contributed by atoms with van der Waals surface area (Å²) in [5, 5.41) is 4.19. The van der Waals surface area contributed by atoms with Gasteiger partial charge < -0.3 is 19.3 Å². The number of piperazine rings is 1. The van der Waals surface area contributed by atoms with E-state index in [1.807, 2.05) is 23.0 Å². The molecule has 0 bridgehead atoms. The lowest BCUT2D eigenvalue weighted by Gasteiger charge is -2.42. The van der Waals surface area contributed by atoms with Crippen LogP contribution in [-0.2, 0) is 26.1 Å². The van der Waals surface area contributed by atoms with E-state index < -0.39 is 0 Å². The molecule has 3 aliphatic heterocycles. The lowest BCUT2D eigenvalue weighted by atomic mass is 10.0. The molecule has 9 heteroatoms. The number of anilines is 1. The van der Waals surface area contributed by atoms with E-state index in [0.717, 1.165) is 57.6 Å². The Morgan fingerprint density at radius 1 is 1.20 bits per heavy atom. The number of carbonyl (C=O) groups excluding carboxylic acids is 2. The van der Waals surface area contributed by atoms with Gasteiger partial charge in [-0.25, -0.2) is 0 Å². The van der Waals surface area contributed by atoms with Gasteiger partial charge in [-0.1, -0.05) is 0 Å². The number of ether oxygens (including phenoxy) is 2. The van der Waals surface area contributed by atoms with Crippen LogP contribution in [-0.4, -0.2) is 96.1 Å². The Labute approximate surface area is 177 Å². The van der Waals surface area contributed by atoms with Gasteiger partial charge in [-0.3, -0.25) is 19.2 Å². The lowest BCUT2D eigenvalue weighted by Crippen LogP contribution is -2.58. The van der Waals surface area contributed by atoms with Crippen LogP contribution in [0.3, 0.4) is 0 Å². The van der Waals surface area contributed by atoms with E-state index >= 15 is 0 Å². The van der Waals surface area contributed by atoms with Gasteiger partial charge >= 0.3 is 0 Å². The number of piperidine rings is 1. The third-order valence-electron chi connectivity index (χ3n) is 6.31. The summed E-state index contributed by atoms with van der Waals surface area (Å²) in [6, 6.07) is -0.106. The summed E-state index contributed by atoms with van der Waals surface area (Å²) in [7, 11) is 1.86. The molecule has 0 radical (unpaired) electrons. The van der Waals surface area contributed by atoms with Crippen molar-refractivity contribution in [1.82, 2.24) is 19.6 Å². The number of aryl methyl sites for hydroxylation is 1. The van der Waals surface area contributed by atoms with Gasteiger partial charge in [-0.2, -0.15) is 5.10 Å². The fraction of sp³-hybridized carbons (Fsp3) is 0.762. The van der Waals surface area contributed by atoms with Crippen molar-refractivity contribution in [3.63, 3.8) is 0 Å². The van der Waals surface area contributed by atoms with E-state index in [4.69, 9.17) is 9.47 Å². The van der Waals surface area contributed by atoms with E-state index in [9.17, 15) is 9.59 Å². The van der Waals surface area contributed by atoms with Gasteiger partial charge in [-0.15, -0.1) is 0 Å². The van der Waals surface area contributed by atoms with Crippen LogP contribution in [0.4, 0.5) is 5.69 Å². The molecule has 0 spiro atoms. The van der Waals surface area contributed by atoms with Crippen molar-refractivity contribution in [2.24, 2.45) is 7.05 Å². The van der Waals surface area contributed by atoms with E-state index in [1.54, 1.807) is 10.9 Å². The van der Waals surface area contributed by atoms with Crippen molar-refractivity contribution in [2.45, 2.75) is 44.2 Å². The van der Waals surface area contributed by atoms with E-state index in [-0.39, 0.29) is 24.0 Å². The summed E-state index contributed by atoms with van der Waals surface area (Å²) in [4.78, 5) is 31.6. The van der Waals surface area contributed by atoms with Gasteiger partial charge in [0, 0.05) is 52.6 Å². The molecule has 3 aliphatic rings. The Morgan fingerprint density at radius 3 is 2.73 bits per heavy atom. The van der Waals surface area contributed by atoms with Crippen LogP contribution >= 0.6 is 0 Å². The monoisotopic (exact) mass is 419 g/mol. The standard InChI is InChI=1S/C21H33N5O4/c1-23-15-17(14-22-23)26-7-2-5-19(21(26)28)24-8-10-25(11-9-24)20(27)6-13-29-16-18-4-3-12-30-18/h14-15,18-19H,2-13,16H2,1H3/t18-,19-/m1/s1. The van der Waals surface area contributed by atoms with Crippen LogP contribution in [0.2, 0.25) is 0 Å². The number of aromatic nitrogens is 2. The first kappa shape index (κ1) is 21.3. The highest BCUT2D eigenvalue weighted by Crippen LogP contribution is 2.24. The van der Waals surface area contributed by atoms with Crippen LogP contribution in [0.15, 0.2) is 12.4 Å². The van der Waals surface area contributed by atoms with Crippen molar-refractivity contribution in [3.8, 4) is 0 Å². The van der Waals surface area contributed by atoms with Gasteiger partial charge in [0.25, 0.3) is 0 Å². The highest BCUT2D eigenvalue weighted by atomic mass is 16.5. The summed E-state index contributed by atoms with van der Waals surface area (Å²) in [5.41, 5.74) is 0.865. The summed E-state index contributed by atoms with van der Waals surface area (Å²) in [5.74, 6) is 0.283. The Hall–Kier alpha value is -1.97. The number of amides is 2. The highest BCUT2D eigenvalue weighted by Gasteiger charge is 2.36. The summed E-state index contributed by atoms with van der Waals surface area (Å²) in [6.45, 7) is 5.40. The van der Waals surface area contributed by atoms with Crippen molar-refractivity contribution in [1.29, 1.82) is 0 Å². The predicted octanol–water partition coefficient (Wildman–Crippen LogP) is 0.645. The molecule has 30 heavy (non-hydrogen) atoms. The fourth-order valence-corrected chi connectivity index (χ4v) is 4.59. The molecule has 1 aromatic heterocycles. The second-order valence-electron chi connectivity index (χ2n) is 8.40. The number of hydrogen-bond donors (Lipinski definition) is 0. The summed E-state index contributed by atoms with van der Waals surface area (Å²) < 4.78 is 12.9. The number of rotatable bonds is 7. The smallest absolute Gasteiger partial charge is 0.244 e. The Morgan fingerprint density at radius 2 is 2.03 bits per heavy atom. The fourth-order valence-electron chi connectivity index (χ4n) is 4.59. The molecule has 9 nitrogen and oxygen atoms in total. The van der Waals surface area contributed by atoms with Gasteiger partial charge in [0.15, 0.2) is 0 Å². The number of carbonyl (C=O) groups is 2. The predicted molar refractivity (Wildman–Crippen MR) is 111 cm³/mol. The molecular formula is C21H33N5O4. The molecule has 3 saturated heterocycles. The van der Waals surface area contributed by atoms with Crippen molar-refractivity contribution in [2.75, 3.05) is 57.4 Å². The van der Waals surface area contributed by atoms with Gasteiger partial charge in [0.2, 0.25) is 11.8 Å². The maximum absolute atomic E-state index is 13.1. The molecule has 0 unspecified atom stereocenters. The first-order valence-electron chi connectivity index (χ1n) is 11.1. The zero-order valence-corrected chi connectivity index (χ0v) is 17.9. The zero-order valence-electron chi connectivity index (χ0n) is 17.9. The molecule has 2 atom stereocenters. The first-order valence-corrected chi connectivity index (χ1v) is 11.1. The molecule has 4 heterocycles. The molecular weight excluding hydrogens is 386 g/mol. The van der Waals surface area contributed by atoms with E-state index in [1.165, 1.54) is 0 Å². The molecule has 0 saturated carbocycles. The minimum Gasteiger partial charge on any atom is -0.378 e. The molecule has 0 N–H and O–H groups in total. The summed E-state index contributed by atoms with van der Waals surface area (Å²) in [6.07, 6.45) is 8.24. The maximum Gasteiger partial charge on any atom is 0.244 e. The first-order chi connectivity index (χ1) is 14.6. The van der Waals surface area contributed by atoms with Gasteiger partial charge in [0.1, 0.15) is 0 Å². The molecule has 4 rings (SSSR count). The maximum atomic E-state index is 13.1. The highest BCUT2D eigenvalue weighted by molar-refractivity contribution is 5.97. The number of nitrogens with zero attached hydrogens (tertiary/aromatic N) is 5. The van der Waals surface area contributed by atoms with Crippen molar-refractivity contribution in [3.05, 3.63) is 12.4 Å². The largest absolute Gasteiger partial charge is 0.378 e. The molecule has 0 aromatic carbocycles. The molecule has 3 fully saturated rings. The Balaban J connectivity index is 1.20. The van der Waals surface area contributed by atoms with Crippen LogP contribution < -0.4 is 4.90 Å². The van der Waals surface area contributed by atoms with Gasteiger partial charge in [0.05, 0.1) is 43.7 Å². The van der Waals surface area contributed by atoms with E-state index in [0.29, 0.717) is 32.7 Å². The SMILES string of the molecule is Cn1cc(N2CCC[C@@H](N3CCN(C(=O)CCOC[C@H]4CCCO4)CC3)C2=O)cn1. The zero-order chi connectivity index (χ0) is 20.9. The van der Waals surface area contributed by atoms with Crippen molar-refractivity contribution < 1.29 is 19.1 Å². The van der Waals surface area contributed by atoms with Crippen molar-refractivity contribution >= 4 is 17.5 Å². The molecule has 1 aromatic rings. The van der Waals surface area contributed by atoms with Crippen LogP contribution in [0.25, 0.3) is 0 Å². The Bertz CT molecular complexity index is 725. The second-order valence-corrected chi connectivity index (χ2v) is 8.40. The average molecular weight is 420 g/mol. The topological polar surface area (TPSA) is 80.1 Å². The molecule has 0 aliphatic carbocycles. The molecule has 166 valence electrons. The van der Waals surface area contributed by atoms with Crippen LogP contribution in [0.1, 0.15) is 32.1 Å². The quantitative estimate of drug-likeness (QED) is 0.604. The minimum absolute atomic E-state index is 0.106. The average Bonchev–Trinajstić information content (AvgIpc) is 3.43. The Kier molecular flexibility index (Phi) is 7.01. The number of hydrogen-bond acceptors (Lipinski definition) is 6. The summed E-state index contributed by atoms with van der Waals surface area (Å²) >= 11 is 0. The third kappa shape index (κ3) is 5.01. The van der Waals surface area contributed by atoms with Crippen LogP contribution in [0.5, 0.6) is 0 Å². The van der Waals surface area contributed by atoms with E-state index in [2.05, 4.69) is 10.00 Å². The lowest BCUT2D eigenvalue weighted by molar-refractivity contribution is -0.135. The third-order valence-corrected chi connectivity index (χ3v) is 6.31. The minimum atomic E-state index is -0.106. The normalized spacial score (nSPS) is 25.8. The van der Waals surface area contributed by atoms with Gasteiger partial charge in [-0.05, 0) is 25.7 Å².